The fourth-order valence-electron chi connectivity index (χ4n) is 3.79. The lowest BCUT2D eigenvalue weighted by molar-refractivity contribution is 0.242. The summed E-state index contributed by atoms with van der Waals surface area (Å²) in [5.41, 5.74) is 1.80. The fourth-order valence-corrected chi connectivity index (χ4v) is 5.03. The van der Waals surface area contributed by atoms with E-state index in [0.717, 1.165) is 23.2 Å². The van der Waals surface area contributed by atoms with Crippen LogP contribution in [0.3, 0.4) is 0 Å². The Morgan fingerprint density at radius 1 is 1.16 bits per heavy atom. The van der Waals surface area contributed by atoms with E-state index >= 15 is 0 Å². The van der Waals surface area contributed by atoms with E-state index in [1.807, 2.05) is 44.2 Å². The average Bonchev–Trinajstić information content (AvgIpc) is 3.40. The Morgan fingerprint density at radius 3 is 2.50 bits per heavy atom. The zero-order valence-corrected chi connectivity index (χ0v) is 19.4. The molecule has 0 radical (unpaired) electrons. The Hall–Kier alpha value is -2.38. The van der Waals surface area contributed by atoms with E-state index in [4.69, 9.17) is 20.9 Å². The molecule has 4 rings (SSSR count). The Morgan fingerprint density at radius 2 is 1.88 bits per heavy atom. The van der Waals surface area contributed by atoms with Crippen molar-refractivity contribution >= 4 is 24.9 Å². The van der Waals surface area contributed by atoms with E-state index < -0.39 is 13.3 Å². The molecule has 0 unspecified atom stereocenters. The number of rotatable bonds is 7. The van der Waals surface area contributed by atoms with Crippen LogP contribution >= 0.6 is 19.2 Å². The number of hydrogen-bond acceptors (Lipinski definition) is 6. The smallest absolute Gasteiger partial charge is 0.328 e. The number of nitrogens with one attached hydrogen (secondary N) is 1. The molecule has 1 heterocycles. The minimum atomic E-state index is -4.02. The van der Waals surface area contributed by atoms with Crippen molar-refractivity contribution in [2.75, 3.05) is 5.32 Å². The highest BCUT2D eigenvalue weighted by Gasteiger charge is 2.36. The van der Waals surface area contributed by atoms with Gasteiger partial charge in [-0.25, -0.2) is 0 Å². The highest BCUT2D eigenvalue weighted by atomic mass is 35.5. The van der Waals surface area contributed by atoms with Crippen LogP contribution in [0.2, 0.25) is 5.02 Å². The van der Waals surface area contributed by atoms with Crippen molar-refractivity contribution < 1.29 is 23.6 Å². The van der Waals surface area contributed by atoms with Crippen molar-refractivity contribution in [1.82, 2.24) is 10.1 Å². The van der Waals surface area contributed by atoms with Gasteiger partial charge < -0.3 is 24.4 Å². The molecule has 0 amide bonds. The van der Waals surface area contributed by atoms with Crippen molar-refractivity contribution in [2.24, 2.45) is 0 Å². The molecule has 0 spiro atoms. The maximum Gasteiger partial charge on any atom is 0.328 e. The molecule has 0 bridgehead atoms. The van der Waals surface area contributed by atoms with Crippen molar-refractivity contribution in [1.29, 1.82) is 0 Å². The summed E-state index contributed by atoms with van der Waals surface area (Å²) in [6.07, 6.45) is 1.74. The van der Waals surface area contributed by atoms with Crippen molar-refractivity contribution in [3.63, 3.8) is 0 Å². The standard InChI is InChI=1S/C22H25ClN3O5P/c1-13(2)30-20-10-5-15(11-19(20)23)21-25-22(31-26-21)14-3-6-16(7-4-14)24-17-8-9-18(12-17)32(27,28)29/h3-7,10-11,13,17-18,24H,8-9,12H2,1-2H3,(H2,27,28,29)/t17-,18-/m1/s1. The molecule has 2 atom stereocenters. The van der Waals surface area contributed by atoms with E-state index in [2.05, 4.69) is 15.5 Å². The summed E-state index contributed by atoms with van der Waals surface area (Å²) in [4.78, 5) is 23.2. The first-order valence-electron chi connectivity index (χ1n) is 10.4. The van der Waals surface area contributed by atoms with Gasteiger partial charge in [0.15, 0.2) is 0 Å². The highest BCUT2D eigenvalue weighted by molar-refractivity contribution is 7.52. The SMILES string of the molecule is CC(C)Oc1ccc(-c2noc(-c3ccc(N[C@@H]4CC[C@@H](P(=O)(O)O)C4)cc3)n2)cc1Cl. The van der Waals surface area contributed by atoms with Gasteiger partial charge in [0.05, 0.1) is 16.8 Å². The molecular weight excluding hydrogens is 453 g/mol. The average molecular weight is 478 g/mol. The van der Waals surface area contributed by atoms with E-state index in [1.165, 1.54) is 0 Å². The summed E-state index contributed by atoms with van der Waals surface area (Å²) in [6, 6.07) is 12.9. The van der Waals surface area contributed by atoms with E-state index in [0.29, 0.717) is 35.3 Å². The molecule has 1 aromatic heterocycles. The van der Waals surface area contributed by atoms with Gasteiger partial charge in [-0.1, -0.05) is 16.8 Å². The summed E-state index contributed by atoms with van der Waals surface area (Å²) in [5.74, 6) is 1.41. The molecule has 32 heavy (non-hydrogen) atoms. The number of hydrogen-bond donors (Lipinski definition) is 3. The number of nitrogens with zero attached hydrogens (tertiary/aromatic N) is 2. The first kappa shape index (κ1) is 22.8. The third kappa shape index (κ3) is 5.33. The van der Waals surface area contributed by atoms with Crippen LogP contribution in [0, 0.1) is 0 Å². The Balaban J connectivity index is 1.43. The van der Waals surface area contributed by atoms with Gasteiger partial charge in [0.2, 0.25) is 5.82 Å². The van der Waals surface area contributed by atoms with Crippen LogP contribution in [-0.2, 0) is 4.57 Å². The molecule has 10 heteroatoms. The number of anilines is 1. The van der Waals surface area contributed by atoms with Gasteiger partial charge in [0.1, 0.15) is 5.75 Å². The molecule has 3 N–H and O–H groups in total. The first-order chi connectivity index (χ1) is 15.2. The molecule has 0 saturated heterocycles. The molecule has 1 saturated carbocycles. The topological polar surface area (TPSA) is 118 Å². The van der Waals surface area contributed by atoms with E-state index in [1.54, 1.807) is 12.1 Å². The third-order valence-corrected chi connectivity index (χ3v) is 7.08. The quantitative estimate of drug-likeness (QED) is 0.389. The van der Waals surface area contributed by atoms with Crippen molar-refractivity contribution in [2.45, 2.75) is 50.9 Å². The number of ether oxygens (including phenoxy) is 1. The van der Waals surface area contributed by atoms with Crippen LogP contribution in [0.25, 0.3) is 22.8 Å². The van der Waals surface area contributed by atoms with Crippen molar-refractivity contribution in [3.05, 3.63) is 47.5 Å². The number of aromatic nitrogens is 2. The third-order valence-electron chi connectivity index (χ3n) is 5.36. The Bertz CT molecular complexity index is 1130. The second-order valence-corrected chi connectivity index (χ2v) is 10.5. The Kier molecular flexibility index (Phi) is 6.58. The summed E-state index contributed by atoms with van der Waals surface area (Å²) < 4.78 is 22.5. The highest BCUT2D eigenvalue weighted by Crippen LogP contribution is 2.49. The number of benzene rings is 2. The maximum atomic E-state index is 11.4. The predicted octanol–water partition coefficient (Wildman–Crippen LogP) is 5.35. The largest absolute Gasteiger partial charge is 0.489 e. The second-order valence-electron chi connectivity index (χ2n) is 8.21. The molecular formula is C22H25ClN3O5P. The van der Waals surface area contributed by atoms with Crippen LogP contribution in [0.4, 0.5) is 5.69 Å². The van der Waals surface area contributed by atoms with E-state index in [9.17, 15) is 14.4 Å². The van der Waals surface area contributed by atoms with Gasteiger partial charge in [-0.3, -0.25) is 4.57 Å². The number of halogens is 1. The van der Waals surface area contributed by atoms with Gasteiger partial charge >= 0.3 is 7.60 Å². The van der Waals surface area contributed by atoms with Gasteiger partial charge in [0, 0.05) is 22.9 Å². The van der Waals surface area contributed by atoms with Crippen LogP contribution < -0.4 is 10.1 Å². The van der Waals surface area contributed by atoms with E-state index in [-0.39, 0.29) is 12.1 Å². The van der Waals surface area contributed by atoms with Crippen LogP contribution in [-0.4, -0.2) is 37.7 Å². The van der Waals surface area contributed by atoms with Gasteiger partial charge in [-0.2, -0.15) is 4.98 Å². The minimum Gasteiger partial charge on any atom is -0.489 e. The molecule has 2 aromatic carbocycles. The lowest BCUT2D eigenvalue weighted by atomic mass is 10.1. The molecule has 1 aliphatic carbocycles. The maximum absolute atomic E-state index is 11.4. The summed E-state index contributed by atoms with van der Waals surface area (Å²) in [6.45, 7) is 3.87. The summed E-state index contributed by atoms with van der Waals surface area (Å²) >= 11 is 6.31. The lowest BCUT2D eigenvalue weighted by Gasteiger charge is -2.15. The molecule has 1 fully saturated rings. The molecule has 3 aromatic rings. The molecule has 0 aliphatic heterocycles. The van der Waals surface area contributed by atoms with Crippen LogP contribution in [0.1, 0.15) is 33.1 Å². The summed E-state index contributed by atoms with van der Waals surface area (Å²) in [5, 5.41) is 7.88. The van der Waals surface area contributed by atoms with Crippen LogP contribution in [0.15, 0.2) is 47.0 Å². The van der Waals surface area contributed by atoms with Gasteiger partial charge in [-0.05, 0) is 75.6 Å². The zero-order chi connectivity index (χ0) is 22.9. The fraction of sp³-hybridized carbons (Fsp3) is 0.364. The second kappa shape index (κ2) is 9.24. The first-order valence-corrected chi connectivity index (χ1v) is 12.5. The summed E-state index contributed by atoms with van der Waals surface area (Å²) in [7, 11) is -4.02. The molecule has 8 nitrogen and oxygen atoms in total. The lowest BCUT2D eigenvalue weighted by Crippen LogP contribution is -2.16. The van der Waals surface area contributed by atoms with Crippen molar-refractivity contribution in [3.8, 4) is 28.6 Å². The minimum absolute atomic E-state index is 0.0220. The predicted molar refractivity (Wildman–Crippen MR) is 123 cm³/mol. The van der Waals surface area contributed by atoms with Gasteiger partial charge in [0.25, 0.3) is 5.89 Å². The van der Waals surface area contributed by atoms with Crippen LogP contribution in [0.5, 0.6) is 5.75 Å². The normalized spacial score (nSPS) is 18.8. The van der Waals surface area contributed by atoms with Gasteiger partial charge in [-0.15, -0.1) is 0 Å². The molecule has 1 aliphatic rings. The Labute approximate surface area is 191 Å². The monoisotopic (exact) mass is 477 g/mol. The molecule has 170 valence electrons. The zero-order valence-electron chi connectivity index (χ0n) is 17.7.